The van der Waals surface area contributed by atoms with E-state index in [0.29, 0.717) is 17.9 Å². The number of amides is 2. The Balaban J connectivity index is 1.67. The van der Waals surface area contributed by atoms with Gasteiger partial charge in [-0.05, 0) is 80.8 Å². The van der Waals surface area contributed by atoms with Crippen molar-refractivity contribution < 1.29 is 27.1 Å². The molecule has 0 aliphatic heterocycles. The smallest absolute Gasteiger partial charge is 0.264 e. The maximum absolute atomic E-state index is 14.0. The van der Waals surface area contributed by atoms with Crippen LogP contribution in [0.1, 0.15) is 45.1 Å². The van der Waals surface area contributed by atoms with Crippen molar-refractivity contribution in [1.82, 2.24) is 10.2 Å². The zero-order valence-corrected chi connectivity index (χ0v) is 24.1. The van der Waals surface area contributed by atoms with Crippen molar-refractivity contribution in [2.24, 2.45) is 0 Å². The van der Waals surface area contributed by atoms with E-state index in [-0.39, 0.29) is 29.1 Å². The first-order valence-corrected chi connectivity index (χ1v) is 15.3. The molecule has 0 radical (unpaired) electrons. The van der Waals surface area contributed by atoms with Crippen LogP contribution in [0.5, 0.6) is 5.75 Å². The number of halogens is 1. The largest absolute Gasteiger partial charge is 0.494 e. The fourth-order valence-electron chi connectivity index (χ4n) is 4.88. The second-order valence-corrected chi connectivity index (χ2v) is 11.9. The van der Waals surface area contributed by atoms with Crippen LogP contribution in [0, 0.1) is 5.82 Å². The van der Waals surface area contributed by atoms with E-state index in [0.717, 1.165) is 30.0 Å². The first-order chi connectivity index (χ1) is 19.7. The summed E-state index contributed by atoms with van der Waals surface area (Å²) in [6.45, 7) is 3.37. The van der Waals surface area contributed by atoms with E-state index >= 15 is 0 Å². The number of hydrogen-bond acceptors (Lipinski definition) is 5. The quantitative estimate of drug-likeness (QED) is 0.329. The number of nitrogens with zero attached hydrogens (tertiary/aromatic N) is 2. The molecule has 41 heavy (non-hydrogen) atoms. The molecule has 8 nitrogen and oxygen atoms in total. The van der Waals surface area contributed by atoms with Gasteiger partial charge in [0.15, 0.2) is 0 Å². The highest BCUT2D eigenvalue weighted by atomic mass is 32.2. The Hall–Kier alpha value is -3.92. The van der Waals surface area contributed by atoms with Gasteiger partial charge >= 0.3 is 0 Å². The third-order valence-corrected chi connectivity index (χ3v) is 8.97. The van der Waals surface area contributed by atoms with E-state index in [2.05, 4.69) is 5.32 Å². The van der Waals surface area contributed by atoms with Crippen LogP contribution in [0.4, 0.5) is 10.1 Å². The van der Waals surface area contributed by atoms with E-state index < -0.39 is 34.3 Å². The maximum atomic E-state index is 14.0. The average Bonchev–Trinajstić information content (AvgIpc) is 3.49. The van der Waals surface area contributed by atoms with Gasteiger partial charge in [0, 0.05) is 12.6 Å². The molecular formula is C31H36FN3O5S. The van der Waals surface area contributed by atoms with E-state index in [1.54, 1.807) is 61.5 Å². The van der Waals surface area contributed by atoms with E-state index in [1.807, 2.05) is 6.92 Å². The fraction of sp³-hybridized carbons (Fsp3) is 0.355. The van der Waals surface area contributed by atoms with Crippen LogP contribution in [0.25, 0.3) is 0 Å². The molecule has 4 rings (SSSR count). The summed E-state index contributed by atoms with van der Waals surface area (Å²) in [6.07, 6.45) is 3.83. The summed E-state index contributed by atoms with van der Waals surface area (Å²) in [5, 5.41) is 3.03. The molecule has 1 aliphatic carbocycles. The minimum Gasteiger partial charge on any atom is -0.494 e. The SMILES string of the molecule is CCOc1ccc(N(CC(=O)N(Cc2ccc(F)cc2)C(C)C(=O)NC2CCCC2)S(=O)(=O)c2ccccc2)cc1. The van der Waals surface area contributed by atoms with Gasteiger partial charge in [0.2, 0.25) is 11.8 Å². The topological polar surface area (TPSA) is 96.0 Å². The van der Waals surface area contributed by atoms with Gasteiger partial charge in [-0.25, -0.2) is 12.8 Å². The summed E-state index contributed by atoms with van der Waals surface area (Å²) in [5.41, 5.74) is 0.884. The number of hydrogen-bond donors (Lipinski definition) is 1. The van der Waals surface area contributed by atoms with E-state index in [9.17, 15) is 22.4 Å². The molecule has 0 bridgehead atoms. The molecule has 1 N–H and O–H groups in total. The van der Waals surface area contributed by atoms with Crippen molar-refractivity contribution in [3.8, 4) is 5.75 Å². The highest BCUT2D eigenvalue weighted by Gasteiger charge is 2.33. The molecular weight excluding hydrogens is 545 g/mol. The first-order valence-electron chi connectivity index (χ1n) is 13.8. The van der Waals surface area contributed by atoms with Crippen molar-refractivity contribution in [3.63, 3.8) is 0 Å². The van der Waals surface area contributed by atoms with Gasteiger partial charge in [-0.2, -0.15) is 0 Å². The highest BCUT2D eigenvalue weighted by Crippen LogP contribution is 2.27. The molecule has 2 amide bonds. The molecule has 0 heterocycles. The maximum Gasteiger partial charge on any atom is 0.264 e. The molecule has 1 aliphatic rings. The molecule has 1 atom stereocenters. The number of rotatable bonds is 12. The number of anilines is 1. The molecule has 0 spiro atoms. The summed E-state index contributed by atoms with van der Waals surface area (Å²) in [5.74, 6) is -0.744. The van der Waals surface area contributed by atoms with Crippen LogP contribution >= 0.6 is 0 Å². The van der Waals surface area contributed by atoms with Gasteiger partial charge in [-0.3, -0.25) is 13.9 Å². The third kappa shape index (κ3) is 7.64. The first kappa shape index (κ1) is 30.0. The Bertz CT molecular complexity index is 1410. The summed E-state index contributed by atoms with van der Waals surface area (Å²) >= 11 is 0. The van der Waals surface area contributed by atoms with Crippen LogP contribution in [0.3, 0.4) is 0 Å². The minimum atomic E-state index is -4.16. The summed E-state index contributed by atoms with van der Waals surface area (Å²) in [6, 6.07) is 19.1. The standard InChI is InChI=1S/C31H36FN3O5S/c1-3-40-28-19-17-27(18-20-28)35(41(38,39)29-11-5-4-6-12-29)22-30(36)34(21-24-13-15-25(32)16-14-24)23(2)31(37)33-26-9-7-8-10-26/h4-6,11-20,23,26H,3,7-10,21-22H2,1-2H3,(H,33,37). The predicted molar refractivity (Wildman–Crippen MR) is 155 cm³/mol. The minimum absolute atomic E-state index is 0.000862. The fourth-order valence-corrected chi connectivity index (χ4v) is 6.32. The predicted octanol–water partition coefficient (Wildman–Crippen LogP) is 4.90. The monoisotopic (exact) mass is 581 g/mol. The second kappa shape index (κ2) is 13.6. The van der Waals surface area contributed by atoms with Gasteiger partial charge in [-0.15, -0.1) is 0 Å². The normalized spacial score (nSPS) is 14.3. The Morgan fingerprint density at radius 3 is 2.22 bits per heavy atom. The Morgan fingerprint density at radius 2 is 1.61 bits per heavy atom. The lowest BCUT2D eigenvalue weighted by Gasteiger charge is -2.32. The molecule has 0 saturated heterocycles. The molecule has 218 valence electrons. The zero-order valence-electron chi connectivity index (χ0n) is 23.3. The molecule has 10 heteroatoms. The molecule has 3 aromatic carbocycles. The summed E-state index contributed by atoms with van der Waals surface area (Å²) in [7, 11) is -4.16. The van der Waals surface area contributed by atoms with Crippen molar-refractivity contribution in [2.45, 2.75) is 63.1 Å². The zero-order chi connectivity index (χ0) is 29.4. The lowest BCUT2D eigenvalue weighted by Crippen LogP contribution is -2.52. The van der Waals surface area contributed by atoms with Crippen molar-refractivity contribution in [2.75, 3.05) is 17.5 Å². The van der Waals surface area contributed by atoms with Crippen molar-refractivity contribution in [3.05, 3.63) is 90.2 Å². The van der Waals surface area contributed by atoms with Gasteiger partial charge in [0.05, 0.1) is 17.2 Å². The average molecular weight is 582 g/mol. The highest BCUT2D eigenvalue weighted by molar-refractivity contribution is 7.92. The number of benzene rings is 3. The second-order valence-electron chi connectivity index (χ2n) is 10.1. The van der Waals surface area contributed by atoms with E-state index in [1.165, 1.54) is 29.2 Å². The number of ether oxygens (including phenoxy) is 1. The summed E-state index contributed by atoms with van der Waals surface area (Å²) in [4.78, 5) is 28.6. The van der Waals surface area contributed by atoms with Gasteiger partial charge in [-0.1, -0.05) is 43.2 Å². The Labute approximate surface area is 241 Å². The van der Waals surface area contributed by atoms with Crippen molar-refractivity contribution in [1.29, 1.82) is 0 Å². The van der Waals surface area contributed by atoms with Gasteiger partial charge in [0.25, 0.3) is 10.0 Å². The third-order valence-electron chi connectivity index (χ3n) is 7.18. The lowest BCUT2D eigenvalue weighted by molar-refractivity contribution is -0.139. The molecule has 1 fully saturated rings. The van der Waals surface area contributed by atoms with Gasteiger partial charge < -0.3 is 15.0 Å². The lowest BCUT2D eigenvalue weighted by atomic mass is 10.1. The van der Waals surface area contributed by atoms with Crippen molar-refractivity contribution >= 4 is 27.5 Å². The van der Waals surface area contributed by atoms with Crippen LogP contribution in [-0.2, 0) is 26.2 Å². The molecule has 3 aromatic rings. The number of carbonyl (C=O) groups is 2. The van der Waals surface area contributed by atoms with Crippen LogP contribution < -0.4 is 14.4 Å². The number of sulfonamides is 1. The van der Waals surface area contributed by atoms with Gasteiger partial charge in [0.1, 0.15) is 24.2 Å². The molecule has 1 unspecified atom stereocenters. The number of carbonyl (C=O) groups excluding carboxylic acids is 2. The van der Waals surface area contributed by atoms with Crippen LogP contribution in [0.2, 0.25) is 0 Å². The summed E-state index contributed by atoms with van der Waals surface area (Å²) < 4.78 is 47.8. The Kier molecular flexibility index (Phi) is 9.99. The van der Waals surface area contributed by atoms with Crippen LogP contribution in [0.15, 0.2) is 83.8 Å². The molecule has 1 saturated carbocycles. The number of nitrogens with one attached hydrogen (secondary N) is 1. The molecule has 0 aromatic heterocycles. The van der Waals surface area contributed by atoms with E-state index in [4.69, 9.17) is 4.74 Å². The van der Waals surface area contributed by atoms with Crippen LogP contribution in [-0.4, -0.2) is 50.4 Å². The Morgan fingerprint density at radius 1 is 0.976 bits per heavy atom.